The van der Waals surface area contributed by atoms with E-state index in [4.69, 9.17) is 10.00 Å². The Kier molecular flexibility index (Phi) is 5.36. The lowest BCUT2D eigenvalue weighted by molar-refractivity contribution is 0.112. The fourth-order valence-electron chi connectivity index (χ4n) is 1.25. The first-order chi connectivity index (χ1) is 8.39. The number of aldehydes is 1. The normalized spacial score (nSPS) is 10.8. The number of hydrogen-bond donors (Lipinski definition) is 0. The van der Waals surface area contributed by atoms with E-state index in [-0.39, 0.29) is 0 Å². The molecule has 1 aromatic carbocycles. The van der Waals surface area contributed by atoms with Crippen LogP contribution in [0.15, 0.2) is 21.1 Å². The van der Waals surface area contributed by atoms with Gasteiger partial charge in [0.2, 0.25) is 0 Å². The molecule has 0 fully saturated rings. The van der Waals surface area contributed by atoms with Crippen LogP contribution in [0.2, 0.25) is 0 Å². The zero-order valence-electron chi connectivity index (χ0n) is 10.2. The summed E-state index contributed by atoms with van der Waals surface area (Å²) in [5, 5.41) is 8.91. The van der Waals surface area contributed by atoms with Crippen LogP contribution in [0.5, 0.6) is 5.75 Å². The first-order valence-corrected chi connectivity index (χ1v) is 6.96. The van der Waals surface area contributed by atoms with Gasteiger partial charge in [0.15, 0.2) is 0 Å². The molecule has 1 aromatic rings. The Bertz CT molecular complexity index is 469. The van der Waals surface area contributed by atoms with Crippen molar-refractivity contribution in [2.24, 2.45) is 5.41 Å². The quantitative estimate of drug-likeness (QED) is 0.720. The Hall–Kier alpha value is -0.860. The third kappa shape index (κ3) is 4.11. The Morgan fingerprint density at radius 2 is 1.94 bits per heavy atom. The molecule has 0 atom stereocenters. The van der Waals surface area contributed by atoms with Crippen molar-refractivity contribution in [3.63, 3.8) is 0 Å². The van der Waals surface area contributed by atoms with Crippen LogP contribution in [-0.2, 0) is 0 Å². The lowest BCUT2D eigenvalue weighted by atomic mass is 9.92. The molecule has 0 spiro atoms. The van der Waals surface area contributed by atoms with Gasteiger partial charge in [0.05, 0.1) is 27.0 Å². The highest BCUT2D eigenvalue weighted by Crippen LogP contribution is 2.35. The Labute approximate surface area is 123 Å². The van der Waals surface area contributed by atoms with Crippen molar-refractivity contribution in [1.82, 2.24) is 0 Å². The summed E-state index contributed by atoms with van der Waals surface area (Å²) in [6, 6.07) is 5.62. The molecule has 0 unspecified atom stereocenters. The monoisotopic (exact) mass is 373 g/mol. The van der Waals surface area contributed by atoms with Crippen molar-refractivity contribution in [2.75, 3.05) is 6.61 Å². The molecule has 18 heavy (non-hydrogen) atoms. The predicted octanol–water partition coefficient (Wildman–Crippen LogP) is 4.34. The van der Waals surface area contributed by atoms with Gasteiger partial charge in [0, 0.05) is 5.56 Å². The molecule has 0 aliphatic carbocycles. The summed E-state index contributed by atoms with van der Waals surface area (Å²) in [6.07, 6.45) is 1.41. The second kappa shape index (κ2) is 6.35. The molecule has 0 aromatic heterocycles. The van der Waals surface area contributed by atoms with E-state index in [2.05, 4.69) is 37.9 Å². The van der Waals surface area contributed by atoms with E-state index in [1.54, 1.807) is 12.1 Å². The van der Waals surface area contributed by atoms with E-state index in [9.17, 15) is 4.79 Å². The summed E-state index contributed by atoms with van der Waals surface area (Å²) in [5.41, 5.74) is 0.167. The zero-order chi connectivity index (χ0) is 13.8. The summed E-state index contributed by atoms with van der Waals surface area (Å²) in [4.78, 5) is 10.7. The third-order valence-corrected chi connectivity index (χ3v) is 3.61. The number of halogens is 2. The minimum absolute atomic E-state index is 0.401. The summed E-state index contributed by atoms with van der Waals surface area (Å²) >= 11 is 6.72. The van der Waals surface area contributed by atoms with E-state index >= 15 is 0 Å². The molecule has 5 heteroatoms. The highest BCUT2D eigenvalue weighted by Gasteiger charge is 2.17. The molecule has 0 N–H and O–H groups in total. The molecule has 0 aliphatic heterocycles. The number of hydrogen-bond acceptors (Lipinski definition) is 3. The topological polar surface area (TPSA) is 50.1 Å². The largest absolute Gasteiger partial charge is 0.491 e. The van der Waals surface area contributed by atoms with Crippen molar-refractivity contribution in [3.05, 3.63) is 26.6 Å². The minimum Gasteiger partial charge on any atom is -0.491 e. The zero-order valence-corrected chi connectivity index (χ0v) is 13.3. The van der Waals surface area contributed by atoms with Gasteiger partial charge in [-0.2, -0.15) is 5.26 Å². The Balaban J connectivity index is 2.75. The molecule has 96 valence electrons. The van der Waals surface area contributed by atoms with Gasteiger partial charge in [-0.1, -0.05) is 0 Å². The van der Waals surface area contributed by atoms with Gasteiger partial charge in [0.25, 0.3) is 0 Å². The standard InChI is InChI=1S/C13H13Br2NO2/c1-13(2,8-16)3-4-18-12-10(14)5-9(7-17)6-11(12)15/h5-7H,3-4H2,1-2H3. The molecule has 3 nitrogen and oxygen atoms in total. The maximum atomic E-state index is 10.7. The van der Waals surface area contributed by atoms with Gasteiger partial charge in [-0.25, -0.2) is 0 Å². The molecule has 0 saturated carbocycles. The first kappa shape index (κ1) is 15.2. The van der Waals surface area contributed by atoms with E-state index in [1.165, 1.54) is 0 Å². The molecular weight excluding hydrogens is 362 g/mol. The molecular formula is C13H13Br2NO2. The van der Waals surface area contributed by atoms with E-state index in [0.29, 0.717) is 33.3 Å². The van der Waals surface area contributed by atoms with Gasteiger partial charge in [-0.05, 0) is 64.3 Å². The molecule has 0 heterocycles. The molecule has 1 rings (SSSR count). The maximum Gasteiger partial charge on any atom is 0.150 e. The van der Waals surface area contributed by atoms with Crippen LogP contribution in [0.3, 0.4) is 0 Å². The van der Waals surface area contributed by atoms with Gasteiger partial charge < -0.3 is 4.74 Å². The van der Waals surface area contributed by atoms with Gasteiger partial charge in [-0.15, -0.1) is 0 Å². The number of nitriles is 1. The first-order valence-electron chi connectivity index (χ1n) is 5.38. The third-order valence-electron chi connectivity index (χ3n) is 2.43. The lowest BCUT2D eigenvalue weighted by Crippen LogP contribution is -2.13. The van der Waals surface area contributed by atoms with Crippen molar-refractivity contribution < 1.29 is 9.53 Å². The van der Waals surface area contributed by atoms with Crippen LogP contribution in [0.25, 0.3) is 0 Å². The fraction of sp³-hybridized carbons (Fsp3) is 0.385. The van der Waals surface area contributed by atoms with Gasteiger partial charge in [-0.3, -0.25) is 4.79 Å². The Morgan fingerprint density at radius 1 is 1.39 bits per heavy atom. The number of carbonyl (C=O) groups excluding carboxylic acids is 1. The summed E-state index contributed by atoms with van der Waals surface area (Å²) in [7, 11) is 0. The SMILES string of the molecule is CC(C)(C#N)CCOc1c(Br)cc(C=O)cc1Br. The van der Waals surface area contributed by atoms with Crippen molar-refractivity contribution in [3.8, 4) is 11.8 Å². The highest BCUT2D eigenvalue weighted by atomic mass is 79.9. The fourth-order valence-corrected chi connectivity index (χ4v) is 2.70. The summed E-state index contributed by atoms with van der Waals surface area (Å²) < 4.78 is 7.08. The smallest absolute Gasteiger partial charge is 0.150 e. The number of carbonyl (C=O) groups is 1. The van der Waals surface area contributed by atoms with Crippen LogP contribution in [0, 0.1) is 16.7 Å². The molecule has 0 saturated heterocycles. The second-order valence-corrected chi connectivity index (χ2v) is 6.23. The predicted molar refractivity (Wildman–Crippen MR) is 76.7 cm³/mol. The van der Waals surface area contributed by atoms with Gasteiger partial charge in [0.1, 0.15) is 12.0 Å². The van der Waals surface area contributed by atoms with Crippen molar-refractivity contribution >= 4 is 38.1 Å². The molecule has 0 bridgehead atoms. The number of ether oxygens (including phenoxy) is 1. The average molecular weight is 375 g/mol. The van der Waals surface area contributed by atoms with E-state index in [0.717, 1.165) is 6.29 Å². The maximum absolute atomic E-state index is 10.7. The Morgan fingerprint density at radius 3 is 2.39 bits per heavy atom. The van der Waals surface area contributed by atoms with E-state index < -0.39 is 5.41 Å². The average Bonchev–Trinajstić information content (AvgIpc) is 2.32. The number of benzene rings is 1. The second-order valence-electron chi connectivity index (χ2n) is 4.53. The summed E-state index contributed by atoms with van der Waals surface area (Å²) in [5.74, 6) is 0.648. The molecule has 0 radical (unpaired) electrons. The van der Waals surface area contributed by atoms with Crippen LogP contribution in [0.1, 0.15) is 30.6 Å². The van der Waals surface area contributed by atoms with Crippen LogP contribution in [0.4, 0.5) is 0 Å². The minimum atomic E-state index is -0.401. The lowest BCUT2D eigenvalue weighted by Gasteiger charge is -2.16. The van der Waals surface area contributed by atoms with Crippen LogP contribution >= 0.6 is 31.9 Å². The van der Waals surface area contributed by atoms with Crippen LogP contribution in [-0.4, -0.2) is 12.9 Å². The van der Waals surface area contributed by atoms with Crippen molar-refractivity contribution in [2.45, 2.75) is 20.3 Å². The number of rotatable bonds is 5. The van der Waals surface area contributed by atoms with Crippen LogP contribution < -0.4 is 4.74 Å². The number of nitrogens with zero attached hydrogens (tertiary/aromatic N) is 1. The highest BCUT2D eigenvalue weighted by molar-refractivity contribution is 9.11. The molecule has 0 amide bonds. The van der Waals surface area contributed by atoms with Gasteiger partial charge >= 0.3 is 0 Å². The van der Waals surface area contributed by atoms with Crippen molar-refractivity contribution in [1.29, 1.82) is 5.26 Å². The summed E-state index contributed by atoms with van der Waals surface area (Å²) in [6.45, 7) is 4.18. The van der Waals surface area contributed by atoms with E-state index in [1.807, 2.05) is 13.8 Å². The molecule has 0 aliphatic rings.